The molecule has 0 aliphatic heterocycles. The number of halogens is 1. The van der Waals surface area contributed by atoms with Crippen LogP contribution in [0.1, 0.15) is 10.5 Å². The highest BCUT2D eigenvalue weighted by Gasteiger charge is 2.16. The number of rotatable bonds is 7. The van der Waals surface area contributed by atoms with Gasteiger partial charge in [-0.2, -0.15) is 9.78 Å². The Kier molecular flexibility index (Phi) is 5.96. The maximum Gasteiger partial charge on any atom is 0.491 e. The van der Waals surface area contributed by atoms with Crippen molar-refractivity contribution in [3.63, 3.8) is 0 Å². The van der Waals surface area contributed by atoms with E-state index in [4.69, 9.17) is 11.6 Å². The number of carbonyl (C=O) groups is 1. The molecule has 0 saturated carbocycles. The number of nitrogens with zero attached hydrogens (tertiary/aromatic N) is 6. The van der Waals surface area contributed by atoms with E-state index >= 15 is 0 Å². The highest BCUT2D eigenvalue weighted by atomic mass is 35.5. The molecule has 1 amide bonds. The van der Waals surface area contributed by atoms with Crippen molar-refractivity contribution in [2.75, 3.05) is 5.32 Å². The Hall–Kier alpha value is -3.70. The van der Waals surface area contributed by atoms with Crippen LogP contribution in [0.3, 0.4) is 0 Å². The zero-order valence-corrected chi connectivity index (χ0v) is 17.3. The maximum atomic E-state index is 12.7. The first-order valence-corrected chi connectivity index (χ1v) is 10.1. The van der Waals surface area contributed by atoms with Crippen LogP contribution in [0.25, 0.3) is 0 Å². The molecular weight excluding hydrogens is 442 g/mol. The summed E-state index contributed by atoms with van der Waals surface area (Å²) in [4.78, 5) is 28.1. The number of hydrogen-bond acceptors (Lipinski definition) is 7. The molecule has 2 heterocycles. The van der Waals surface area contributed by atoms with E-state index in [0.717, 1.165) is 9.79 Å². The minimum atomic E-state index is -0.683. The van der Waals surface area contributed by atoms with Gasteiger partial charge in [0.1, 0.15) is 0 Å². The molecule has 2 aromatic carbocycles. The van der Waals surface area contributed by atoms with Gasteiger partial charge < -0.3 is 15.4 Å². The second kappa shape index (κ2) is 8.98. The Balaban J connectivity index is 1.45. The van der Waals surface area contributed by atoms with E-state index < -0.39 is 10.9 Å². The third-order valence-corrected chi connectivity index (χ3v) is 5.36. The second-order valence-electron chi connectivity index (χ2n) is 6.23. The van der Waals surface area contributed by atoms with Crippen LogP contribution in [0.4, 0.5) is 11.6 Å². The number of carbonyl (C=O) groups excluding carboxylic acids is 1. The van der Waals surface area contributed by atoms with Crippen LogP contribution in [-0.2, 0) is 6.67 Å². The molecule has 2 aromatic heterocycles. The van der Waals surface area contributed by atoms with Gasteiger partial charge in [-0.15, -0.1) is 0 Å². The molecule has 4 rings (SSSR count). The number of para-hydroxylation sites is 1. The normalized spacial score (nSPS) is 10.7. The van der Waals surface area contributed by atoms with E-state index in [1.807, 2.05) is 48.5 Å². The fourth-order valence-electron chi connectivity index (χ4n) is 2.62. The number of aromatic nitrogens is 5. The molecule has 31 heavy (non-hydrogen) atoms. The molecule has 0 aliphatic rings. The molecule has 0 radical (unpaired) electrons. The van der Waals surface area contributed by atoms with Crippen molar-refractivity contribution in [1.82, 2.24) is 24.5 Å². The quantitative estimate of drug-likeness (QED) is 0.331. The third kappa shape index (κ3) is 5.08. The largest absolute Gasteiger partial charge is 0.491 e. The highest BCUT2D eigenvalue weighted by Crippen LogP contribution is 2.34. The topological polar surface area (TPSA) is 121 Å². The number of hydrogen-bond donors (Lipinski definition) is 1. The summed E-state index contributed by atoms with van der Waals surface area (Å²) in [5.41, 5.74) is 0.842. The van der Waals surface area contributed by atoms with Crippen molar-refractivity contribution in [3.8, 4) is 0 Å². The predicted octanol–water partition coefficient (Wildman–Crippen LogP) is 3.95. The molecule has 0 aliphatic carbocycles. The zero-order valence-electron chi connectivity index (χ0n) is 15.8. The van der Waals surface area contributed by atoms with Gasteiger partial charge in [0.15, 0.2) is 12.4 Å². The van der Waals surface area contributed by atoms with E-state index in [2.05, 4.69) is 20.5 Å². The van der Waals surface area contributed by atoms with Gasteiger partial charge in [0.2, 0.25) is 6.33 Å². The number of anilines is 1. The van der Waals surface area contributed by atoms with Gasteiger partial charge in [0, 0.05) is 26.1 Å². The molecule has 0 fully saturated rings. The Bertz CT molecular complexity index is 1240. The van der Waals surface area contributed by atoms with Crippen molar-refractivity contribution < 1.29 is 9.72 Å². The summed E-state index contributed by atoms with van der Waals surface area (Å²) < 4.78 is 2.69. The lowest BCUT2D eigenvalue weighted by Gasteiger charge is -2.10. The summed E-state index contributed by atoms with van der Waals surface area (Å²) in [6.07, 6.45) is 2.81. The molecule has 12 heteroatoms. The predicted molar refractivity (Wildman–Crippen MR) is 114 cm³/mol. The molecule has 156 valence electrons. The molecule has 0 unspecified atom stereocenters. The van der Waals surface area contributed by atoms with Crippen molar-refractivity contribution in [2.45, 2.75) is 16.5 Å². The number of benzene rings is 2. The highest BCUT2D eigenvalue weighted by molar-refractivity contribution is 7.99. The summed E-state index contributed by atoms with van der Waals surface area (Å²) in [5.74, 6) is -0.882. The van der Waals surface area contributed by atoms with E-state index in [0.29, 0.717) is 10.7 Å². The van der Waals surface area contributed by atoms with Gasteiger partial charge in [-0.05, 0) is 47.4 Å². The van der Waals surface area contributed by atoms with Crippen LogP contribution in [0, 0.1) is 10.1 Å². The summed E-state index contributed by atoms with van der Waals surface area (Å²) in [5, 5.41) is 22.1. The lowest BCUT2D eigenvalue weighted by molar-refractivity contribution is -0.394. The minimum absolute atomic E-state index is 0.0805. The van der Waals surface area contributed by atoms with Crippen molar-refractivity contribution >= 4 is 40.9 Å². The van der Waals surface area contributed by atoms with E-state index in [1.165, 1.54) is 27.5 Å². The van der Waals surface area contributed by atoms with Crippen LogP contribution in [0.2, 0.25) is 5.02 Å². The van der Waals surface area contributed by atoms with Gasteiger partial charge >= 0.3 is 5.95 Å². The number of nitro groups is 1. The van der Waals surface area contributed by atoms with Gasteiger partial charge in [-0.25, -0.2) is 4.68 Å². The smallest absolute Gasteiger partial charge is 0.390 e. The average Bonchev–Trinajstić information content (AvgIpc) is 3.41. The number of amides is 1. The lowest BCUT2D eigenvalue weighted by Crippen LogP contribution is -2.15. The summed E-state index contributed by atoms with van der Waals surface area (Å²) in [7, 11) is 0. The first-order valence-electron chi connectivity index (χ1n) is 8.89. The molecule has 10 nitrogen and oxygen atoms in total. The fourth-order valence-corrected chi connectivity index (χ4v) is 3.65. The molecular formula is C19H14ClN7O3S. The molecule has 0 saturated heterocycles. The van der Waals surface area contributed by atoms with Crippen molar-refractivity contribution in [1.29, 1.82) is 0 Å². The first-order chi connectivity index (χ1) is 15.0. The van der Waals surface area contributed by atoms with Gasteiger partial charge in [0.05, 0.1) is 5.69 Å². The Morgan fingerprint density at radius 2 is 1.87 bits per heavy atom. The molecule has 0 bridgehead atoms. The zero-order chi connectivity index (χ0) is 21.8. The summed E-state index contributed by atoms with van der Waals surface area (Å²) in [6.45, 7) is 0.0805. The second-order valence-corrected chi connectivity index (χ2v) is 7.78. The van der Waals surface area contributed by atoms with Crippen LogP contribution in [-0.4, -0.2) is 35.4 Å². The first kappa shape index (κ1) is 20.6. The van der Waals surface area contributed by atoms with Crippen LogP contribution in [0.5, 0.6) is 0 Å². The third-order valence-electron chi connectivity index (χ3n) is 4.03. The van der Waals surface area contributed by atoms with E-state index in [1.54, 1.807) is 12.3 Å². The SMILES string of the molecule is O=C(Nc1ccccc1Sc1ccc(Cl)cc1)c1ccn(Cn2cnc([N+](=O)[O-])n2)n1. The number of nitrogens with one attached hydrogen (secondary N) is 1. The van der Waals surface area contributed by atoms with Crippen LogP contribution >= 0.6 is 23.4 Å². The Labute approximate surface area is 185 Å². The molecule has 1 N–H and O–H groups in total. The monoisotopic (exact) mass is 455 g/mol. The maximum absolute atomic E-state index is 12.7. The van der Waals surface area contributed by atoms with E-state index in [-0.39, 0.29) is 18.3 Å². The van der Waals surface area contributed by atoms with Gasteiger partial charge in [0.25, 0.3) is 5.91 Å². The fraction of sp³-hybridized carbons (Fsp3) is 0.0526. The van der Waals surface area contributed by atoms with E-state index in [9.17, 15) is 14.9 Å². The summed E-state index contributed by atoms with van der Waals surface area (Å²) in [6, 6.07) is 16.4. The van der Waals surface area contributed by atoms with Gasteiger partial charge in [-0.3, -0.25) is 4.79 Å². The Morgan fingerprint density at radius 1 is 1.10 bits per heavy atom. The molecule has 4 aromatic rings. The molecule has 0 spiro atoms. The van der Waals surface area contributed by atoms with Gasteiger partial charge in [-0.1, -0.05) is 40.5 Å². The van der Waals surface area contributed by atoms with Crippen molar-refractivity contribution in [3.05, 3.63) is 88.0 Å². The minimum Gasteiger partial charge on any atom is -0.390 e. The van der Waals surface area contributed by atoms with Crippen molar-refractivity contribution in [2.24, 2.45) is 0 Å². The lowest BCUT2D eigenvalue weighted by atomic mass is 10.3. The van der Waals surface area contributed by atoms with Crippen LogP contribution in [0.15, 0.2) is 76.9 Å². The average molecular weight is 456 g/mol. The summed E-state index contributed by atoms with van der Waals surface area (Å²) >= 11 is 7.44. The van der Waals surface area contributed by atoms with Crippen LogP contribution < -0.4 is 5.32 Å². The molecule has 0 atom stereocenters. The Morgan fingerprint density at radius 3 is 2.61 bits per heavy atom. The standard InChI is InChI=1S/C19H14ClN7O3S/c20-13-5-7-14(8-6-13)31-17-4-2-1-3-15(17)22-18(28)16-9-10-25(23-16)12-26-11-21-19(24-26)27(29)30/h1-11H,12H2,(H,22,28).